The van der Waals surface area contributed by atoms with E-state index in [0.717, 1.165) is 0 Å². The Labute approximate surface area is 113 Å². The molecule has 0 bridgehead atoms. The second-order valence-electron chi connectivity index (χ2n) is 3.52. The molecule has 0 saturated heterocycles. The third kappa shape index (κ3) is 3.43. The van der Waals surface area contributed by atoms with Crippen molar-refractivity contribution < 1.29 is 14.7 Å². The minimum atomic E-state index is -1.07. The minimum Gasteiger partial charge on any atom is -0.478 e. The first-order valence-corrected chi connectivity index (χ1v) is 6.13. The zero-order chi connectivity index (χ0) is 13.7. The first-order valence-electron chi connectivity index (χ1n) is 5.34. The molecule has 98 valence electrons. The monoisotopic (exact) mass is 315 g/mol. The van der Waals surface area contributed by atoms with Crippen molar-refractivity contribution in [1.29, 1.82) is 0 Å². The van der Waals surface area contributed by atoms with E-state index in [0.29, 0.717) is 11.0 Å². The fraction of sp³-hybridized carbons (Fsp3) is 0.364. The zero-order valence-electron chi connectivity index (χ0n) is 10.1. The van der Waals surface area contributed by atoms with Crippen LogP contribution in [0.2, 0.25) is 0 Å². The maximum Gasteiger partial charge on any atom is 0.339 e. The smallest absolute Gasteiger partial charge is 0.339 e. The molecule has 0 saturated carbocycles. The molecular formula is C11H14BrN3O3. The van der Waals surface area contributed by atoms with Crippen molar-refractivity contribution in [1.82, 2.24) is 10.3 Å². The van der Waals surface area contributed by atoms with E-state index in [2.05, 4.69) is 26.2 Å². The lowest BCUT2D eigenvalue weighted by molar-refractivity contribution is -0.119. The Kier molecular flexibility index (Phi) is 5.08. The molecule has 6 nitrogen and oxygen atoms in total. The lowest BCUT2D eigenvalue weighted by atomic mass is 10.2. The Morgan fingerprint density at radius 2 is 2.22 bits per heavy atom. The number of halogens is 1. The summed E-state index contributed by atoms with van der Waals surface area (Å²) in [4.78, 5) is 28.2. The van der Waals surface area contributed by atoms with E-state index in [-0.39, 0.29) is 23.8 Å². The van der Waals surface area contributed by atoms with Crippen molar-refractivity contribution in [3.63, 3.8) is 0 Å². The van der Waals surface area contributed by atoms with Crippen LogP contribution < -0.4 is 10.2 Å². The van der Waals surface area contributed by atoms with E-state index in [1.807, 2.05) is 6.92 Å². The van der Waals surface area contributed by atoms with Gasteiger partial charge in [-0.1, -0.05) is 0 Å². The summed E-state index contributed by atoms with van der Waals surface area (Å²) in [6, 6.07) is 1.47. The van der Waals surface area contributed by atoms with Gasteiger partial charge in [0.05, 0.1) is 6.54 Å². The van der Waals surface area contributed by atoms with Gasteiger partial charge in [0.2, 0.25) is 5.91 Å². The first kappa shape index (κ1) is 14.4. The summed E-state index contributed by atoms with van der Waals surface area (Å²) >= 11 is 3.18. The number of nitrogens with zero attached hydrogens (tertiary/aromatic N) is 2. The number of carbonyl (C=O) groups is 2. The quantitative estimate of drug-likeness (QED) is 0.850. The summed E-state index contributed by atoms with van der Waals surface area (Å²) in [7, 11) is 1.53. The summed E-state index contributed by atoms with van der Waals surface area (Å²) in [5, 5.41) is 11.6. The molecule has 0 aliphatic heterocycles. The Balaban J connectivity index is 3.12. The van der Waals surface area contributed by atoms with Crippen LogP contribution in [0.5, 0.6) is 0 Å². The summed E-state index contributed by atoms with van der Waals surface area (Å²) in [6.45, 7) is 2.39. The van der Waals surface area contributed by atoms with Gasteiger partial charge in [-0.15, -0.1) is 0 Å². The largest absolute Gasteiger partial charge is 0.478 e. The number of anilines is 1. The number of carboxylic acids is 1. The lowest BCUT2D eigenvalue weighted by Crippen LogP contribution is -2.36. The highest BCUT2D eigenvalue weighted by Gasteiger charge is 2.18. The topological polar surface area (TPSA) is 82.5 Å². The predicted molar refractivity (Wildman–Crippen MR) is 70.9 cm³/mol. The van der Waals surface area contributed by atoms with Crippen molar-refractivity contribution >= 4 is 33.6 Å². The van der Waals surface area contributed by atoms with Crippen LogP contribution >= 0.6 is 15.9 Å². The van der Waals surface area contributed by atoms with Crippen LogP contribution in [0.15, 0.2) is 16.7 Å². The molecule has 0 aliphatic carbocycles. The molecule has 1 aromatic heterocycles. The number of carboxylic acid groups (broad SMARTS) is 1. The van der Waals surface area contributed by atoms with Crippen LogP contribution in [0, 0.1) is 0 Å². The molecule has 1 heterocycles. The highest BCUT2D eigenvalue weighted by Crippen LogP contribution is 2.21. The average molecular weight is 316 g/mol. The molecule has 0 aromatic carbocycles. The van der Waals surface area contributed by atoms with Crippen LogP contribution in [0.1, 0.15) is 17.3 Å². The normalized spacial score (nSPS) is 9.94. The molecule has 0 fully saturated rings. The molecule has 1 rings (SSSR count). The van der Waals surface area contributed by atoms with E-state index in [4.69, 9.17) is 5.11 Å². The maximum atomic E-state index is 11.4. The fourth-order valence-electron chi connectivity index (χ4n) is 1.43. The molecule has 1 aromatic rings. The first-order chi connectivity index (χ1) is 8.49. The highest BCUT2D eigenvalue weighted by atomic mass is 79.9. The van der Waals surface area contributed by atoms with Crippen molar-refractivity contribution in [2.45, 2.75) is 6.92 Å². The average Bonchev–Trinajstić information content (AvgIpc) is 2.35. The van der Waals surface area contributed by atoms with Gasteiger partial charge in [-0.3, -0.25) is 4.79 Å². The minimum absolute atomic E-state index is 0.0649. The molecule has 2 N–H and O–H groups in total. The summed E-state index contributed by atoms with van der Waals surface area (Å²) in [5.74, 6) is -0.983. The van der Waals surface area contributed by atoms with Gasteiger partial charge in [0.25, 0.3) is 0 Å². The molecule has 0 spiro atoms. The van der Waals surface area contributed by atoms with Gasteiger partial charge in [0, 0.05) is 24.3 Å². The van der Waals surface area contributed by atoms with E-state index in [9.17, 15) is 9.59 Å². The molecule has 1 amide bonds. The van der Waals surface area contributed by atoms with Gasteiger partial charge in [-0.25, -0.2) is 9.78 Å². The van der Waals surface area contributed by atoms with Gasteiger partial charge in [0.15, 0.2) is 0 Å². The number of rotatable bonds is 5. The third-order valence-electron chi connectivity index (χ3n) is 2.36. The second kappa shape index (κ2) is 6.34. The number of nitrogens with one attached hydrogen (secondary N) is 1. The number of hydrogen-bond acceptors (Lipinski definition) is 4. The molecule has 0 radical (unpaired) electrons. The SMILES string of the molecule is CCN(CC(=O)NC)c1ncc(Br)cc1C(=O)O. The number of aromatic nitrogens is 1. The molecule has 7 heteroatoms. The van der Waals surface area contributed by atoms with Crippen molar-refractivity contribution in [2.75, 3.05) is 25.0 Å². The number of amides is 1. The van der Waals surface area contributed by atoms with E-state index < -0.39 is 5.97 Å². The van der Waals surface area contributed by atoms with Crippen LogP contribution in [0.4, 0.5) is 5.82 Å². The lowest BCUT2D eigenvalue weighted by Gasteiger charge is -2.22. The van der Waals surface area contributed by atoms with Gasteiger partial charge in [0.1, 0.15) is 11.4 Å². The molecule has 18 heavy (non-hydrogen) atoms. The second-order valence-corrected chi connectivity index (χ2v) is 4.43. The third-order valence-corrected chi connectivity index (χ3v) is 2.79. The number of aromatic carboxylic acids is 1. The summed E-state index contributed by atoms with van der Waals surface area (Å²) in [6.07, 6.45) is 1.51. The summed E-state index contributed by atoms with van der Waals surface area (Å²) < 4.78 is 0.583. The number of carbonyl (C=O) groups excluding carboxylic acids is 1. The van der Waals surface area contributed by atoms with Crippen molar-refractivity contribution in [2.24, 2.45) is 0 Å². The number of likely N-dealkylation sites (N-methyl/N-ethyl adjacent to an activating group) is 2. The Hall–Kier alpha value is -1.63. The van der Waals surface area contributed by atoms with E-state index in [1.165, 1.54) is 19.3 Å². The van der Waals surface area contributed by atoms with Crippen molar-refractivity contribution in [3.05, 3.63) is 22.3 Å². The molecule has 0 unspecified atom stereocenters. The predicted octanol–water partition coefficient (Wildman–Crippen LogP) is 1.11. The molecule has 0 aliphatic rings. The summed E-state index contributed by atoms with van der Waals surface area (Å²) in [5.41, 5.74) is 0.0649. The molecular weight excluding hydrogens is 302 g/mol. The molecule has 0 atom stereocenters. The Bertz CT molecular complexity index is 465. The van der Waals surface area contributed by atoms with Crippen LogP contribution in [0.25, 0.3) is 0 Å². The van der Waals surface area contributed by atoms with Gasteiger partial charge in [-0.2, -0.15) is 0 Å². The standard InChI is InChI=1S/C11H14BrN3O3/c1-3-15(6-9(16)13-2)10-8(11(17)18)4-7(12)5-14-10/h4-5H,3,6H2,1-2H3,(H,13,16)(H,17,18). The van der Waals surface area contributed by atoms with Crippen LogP contribution in [0.3, 0.4) is 0 Å². The Morgan fingerprint density at radius 3 is 2.72 bits per heavy atom. The Morgan fingerprint density at radius 1 is 1.56 bits per heavy atom. The van der Waals surface area contributed by atoms with Gasteiger partial charge < -0.3 is 15.3 Å². The maximum absolute atomic E-state index is 11.4. The fourth-order valence-corrected chi connectivity index (χ4v) is 1.76. The van der Waals surface area contributed by atoms with Gasteiger partial charge >= 0.3 is 5.97 Å². The number of hydrogen-bond donors (Lipinski definition) is 2. The van der Waals surface area contributed by atoms with Crippen LogP contribution in [-0.2, 0) is 4.79 Å². The van der Waals surface area contributed by atoms with Crippen molar-refractivity contribution in [3.8, 4) is 0 Å². The number of pyridine rings is 1. The van der Waals surface area contributed by atoms with E-state index in [1.54, 1.807) is 4.90 Å². The van der Waals surface area contributed by atoms with Gasteiger partial charge in [-0.05, 0) is 28.9 Å². The van der Waals surface area contributed by atoms with Crippen LogP contribution in [-0.4, -0.2) is 42.1 Å². The highest BCUT2D eigenvalue weighted by molar-refractivity contribution is 9.10. The van der Waals surface area contributed by atoms with E-state index >= 15 is 0 Å². The zero-order valence-corrected chi connectivity index (χ0v) is 11.7.